The number of hydrogen-bond donors (Lipinski definition) is 1. The number of aromatic nitrogens is 1. The first-order chi connectivity index (χ1) is 13.0. The van der Waals surface area contributed by atoms with Gasteiger partial charge in [-0.15, -0.1) is 0 Å². The molecule has 1 fully saturated rings. The lowest BCUT2D eigenvalue weighted by Crippen LogP contribution is -2.36. The van der Waals surface area contributed by atoms with Crippen LogP contribution in [0.15, 0.2) is 41.0 Å². The van der Waals surface area contributed by atoms with Crippen LogP contribution in [0.3, 0.4) is 0 Å². The van der Waals surface area contributed by atoms with Crippen molar-refractivity contribution in [2.24, 2.45) is 0 Å². The van der Waals surface area contributed by atoms with Crippen LogP contribution in [0.2, 0.25) is 0 Å². The van der Waals surface area contributed by atoms with E-state index in [0.29, 0.717) is 37.5 Å². The first-order valence-electron chi connectivity index (χ1n) is 9.26. The van der Waals surface area contributed by atoms with Crippen molar-refractivity contribution >= 4 is 12.0 Å². The van der Waals surface area contributed by atoms with E-state index in [1.807, 2.05) is 37.3 Å². The second kappa shape index (κ2) is 8.24. The predicted octanol–water partition coefficient (Wildman–Crippen LogP) is 3.76. The van der Waals surface area contributed by atoms with Crippen LogP contribution in [0, 0.1) is 0 Å². The van der Waals surface area contributed by atoms with E-state index in [0.717, 1.165) is 12.0 Å². The summed E-state index contributed by atoms with van der Waals surface area (Å²) in [4.78, 5) is 31.4. The number of carbonyl (C=O) groups is 2. The molecule has 0 spiro atoms. The predicted molar refractivity (Wildman–Crippen MR) is 99.6 cm³/mol. The number of oxazole rings is 1. The van der Waals surface area contributed by atoms with Gasteiger partial charge in [-0.3, -0.25) is 4.79 Å². The average molecular weight is 371 g/mol. The third-order valence-corrected chi connectivity index (χ3v) is 5.21. The molecule has 2 aromatic rings. The first kappa shape index (κ1) is 18.9. The standard InChI is InChI=1S/C20H25N3O4/c1-3-17(14-7-5-4-6-8-14)22(2)19(24)16-13-27-18(21-16)15-9-11-23(12-10-15)20(25)26/h4-8,13,15,17H,3,9-12H2,1-2H3,(H,25,26)/t17-/m1/s1. The van der Waals surface area contributed by atoms with Crippen molar-refractivity contribution in [1.29, 1.82) is 0 Å². The first-order valence-corrected chi connectivity index (χ1v) is 9.26. The number of hydrogen-bond acceptors (Lipinski definition) is 4. The average Bonchev–Trinajstić information content (AvgIpc) is 3.19. The van der Waals surface area contributed by atoms with Gasteiger partial charge in [0.1, 0.15) is 6.26 Å². The molecule has 7 nitrogen and oxygen atoms in total. The van der Waals surface area contributed by atoms with E-state index >= 15 is 0 Å². The Labute approximate surface area is 158 Å². The molecule has 0 unspecified atom stereocenters. The smallest absolute Gasteiger partial charge is 0.407 e. The fourth-order valence-corrected chi connectivity index (χ4v) is 3.62. The fourth-order valence-electron chi connectivity index (χ4n) is 3.62. The molecular formula is C20H25N3O4. The molecule has 1 aromatic heterocycles. The van der Waals surface area contributed by atoms with Gasteiger partial charge in [-0.2, -0.15) is 0 Å². The molecule has 1 saturated heterocycles. The van der Waals surface area contributed by atoms with E-state index in [-0.39, 0.29) is 17.9 Å². The van der Waals surface area contributed by atoms with Gasteiger partial charge in [-0.1, -0.05) is 37.3 Å². The van der Waals surface area contributed by atoms with Crippen LogP contribution in [-0.4, -0.2) is 52.0 Å². The summed E-state index contributed by atoms with van der Waals surface area (Å²) in [6.45, 7) is 2.96. The topological polar surface area (TPSA) is 86.9 Å². The maximum Gasteiger partial charge on any atom is 0.407 e. The van der Waals surface area contributed by atoms with Gasteiger partial charge in [0.05, 0.1) is 6.04 Å². The molecule has 1 N–H and O–H groups in total. The number of nitrogens with zero attached hydrogens (tertiary/aromatic N) is 3. The molecule has 3 rings (SSSR count). The minimum absolute atomic E-state index is 0.0299. The number of amides is 2. The lowest BCUT2D eigenvalue weighted by atomic mass is 9.97. The highest BCUT2D eigenvalue weighted by molar-refractivity contribution is 5.92. The highest BCUT2D eigenvalue weighted by Crippen LogP contribution is 2.29. The van der Waals surface area contributed by atoms with E-state index < -0.39 is 6.09 Å². The largest absolute Gasteiger partial charge is 0.465 e. The molecule has 1 atom stereocenters. The molecule has 1 aliphatic heterocycles. The molecular weight excluding hydrogens is 346 g/mol. The summed E-state index contributed by atoms with van der Waals surface area (Å²) in [5.41, 5.74) is 1.38. The van der Waals surface area contributed by atoms with E-state index in [2.05, 4.69) is 4.98 Å². The summed E-state index contributed by atoms with van der Waals surface area (Å²) in [5, 5.41) is 9.04. The van der Waals surface area contributed by atoms with Crippen LogP contribution in [0.1, 0.15) is 60.1 Å². The lowest BCUT2D eigenvalue weighted by molar-refractivity contribution is 0.0720. The second-order valence-corrected chi connectivity index (χ2v) is 6.87. The molecule has 144 valence electrons. The Hall–Kier alpha value is -2.83. The normalized spacial score (nSPS) is 16.1. The molecule has 2 heterocycles. The summed E-state index contributed by atoms with van der Waals surface area (Å²) in [6.07, 6.45) is 2.61. The number of carbonyl (C=O) groups excluding carboxylic acids is 1. The van der Waals surface area contributed by atoms with Gasteiger partial charge in [0.25, 0.3) is 5.91 Å². The van der Waals surface area contributed by atoms with Gasteiger partial charge >= 0.3 is 6.09 Å². The summed E-state index contributed by atoms with van der Waals surface area (Å²) in [5.74, 6) is 0.386. The van der Waals surface area contributed by atoms with Crippen molar-refractivity contribution in [2.45, 2.75) is 38.1 Å². The molecule has 7 heteroatoms. The van der Waals surface area contributed by atoms with E-state index in [4.69, 9.17) is 9.52 Å². The van der Waals surface area contributed by atoms with Crippen LogP contribution in [0.25, 0.3) is 0 Å². The summed E-state index contributed by atoms with van der Waals surface area (Å²) < 4.78 is 5.57. The summed E-state index contributed by atoms with van der Waals surface area (Å²) >= 11 is 0. The van der Waals surface area contributed by atoms with Crippen LogP contribution in [0.5, 0.6) is 0 Å². The van der Waals surface area contributed by atoms with Crippen molar-refractivity contribution in [3.63, 3.8) is 0 Å². The van der Waals surface area contributed by atoms with Gasteiger partial charge in [0.2, 0.25) is 0 Å². The molecule has 0 radical (unpaired) electrons. The Morgan fingerprint density at radius 2 is 1.96 bits per heavy atom. The van der Waals surface area contributed by atoms with Crippen LogP contribution in [-0.2, 0) is 0 Å². The monoisotopic (exact) mass is 371 g/mol. The number of rotatable bonds is 5. The third kappa shape index (κ3) is 4.13. The second-order valence-electron chi connectivity index (χ2n) is 6.87. The quantitative estimate of drug-likeness (QED) is 0.865. The number of piperidine rings is 1. The highest BCUT2D eigenvalue weighted by atomic mass is 16.4. The molecule has 27 heavy (non-hydrogen) atoms. The molecule has 0 saturated carbocycles. The zero-order chi connectivity index (χ0) is 19.4. The summed E-state index contributed by atoms with van der Waals surface area (Å²) in [7, 11) is 1.78. The molecule has 2 amide bonds. The molecule has 0 bridgehead atoms. The lowest BCUT2D eigenvalue weighted by Gasteiger charge is -2.28. The Morgan fingerprint density at radius 3 is 2.56 bits per heavy atom. The number of carboxylic acid groups (broad SMARTS) is 1. The molecule has 0 aliphatic carbocycles. The molecule has 1 aliphatic rings. The van der Waals surface area contributed by atoms with Gasteiger partial charge in [-0.05, 0) is 24.8 Å². The van der Waals surface area contributed by atoms with Crippen molar-refractivity contribution in [1.82, 2.24) is 14.8 Å². The van der Waals surface area contributed by atoms with E-state index in [9.17, 15) is 9.59 Å². The van der Waals surface area contributed by atoms with Gasteiger partial charge in [0, 0.05) is 26.1 Å². The van der Waals surface area contributed by atoms with Gasteiger partial charge in [0.15, 0.2) is 11.6 Å². The Balaban J connectivity index is 1.68. The molecule has 1 aromatic carbocycles. The van der Waals surface area contributed by atoms with Crippen LogP contribution >= 0.6 is 0 Å². The van der Waals surface area contributed by atoms with Gasteiger partial charge in [-0.25, -0.2) is 9.78 Å². The van der Waals surface area contributed by atoms with Crippen molar-refractivity contribution in [2.75, 3.05) is 20.1 Å². The van der Waals surface area contributed by atoms with Crippen molar-refractivity contribution < 1.29 is 19.1 Å². The Morgan fingerprint density at radius 1 is 1.30 bits per heavy atom. The third-order valence-electron chi connectivity index (χ3n) is 5.21. The van der Waals surface area contributed by atoms with Crippen LogP contribution < -0.4 is 0 Å². The summed E-state index contributed by atoms with van der Waals surface area (Å²) in [6, 6.07) is 9.89. The Bertz CT molecular complexity index is 782. The van der Waals surface area contributed by atoms with Crippen molar-refractivity contribution in [3.8, 4) is 0 Å². The zero-order valence-corrected chi connectivity index (χ0v) is 15.7. The van der Waals surface area contributed by atoms with Crippen LogP contribution in [0.4, 0.5) is 4.79 Å². The fraction of sp³-hybridized carbons (Fsp3) is 0.450. The zero-order valence-electron chi connectivity index (χ0n) is 15.7. The number of benzene rings is 1. The minimum Gasteiger partial charge on any atom is -0.465 e. The maximum atomic E-state index is 12.9. The number of likely N-dealkylation sites (tertiary alicyclic amines) is 1. The van der Waals surface area contributed by atoms with Gasteiger partial charge < -0.3 is 19.3 Å². The minimum atomic E-state index is -0.898. The van der Waals surface area contributed by atoms with Crippen molar-refractivity contribution in [3.05, 3.63) is 53.7 Å². The Kier molecular flexibility index (Phi) is 5.78. The SMILES string of the molecule is CC[C@H](c1ccccc1)N(C)C(=O)c1coc(C2CCN(C(=O)O)CC2)n1. The highest BCUT2D eigenvalue weighted by Gasteiger charge is 2.29. The maximum absolute atomic E-state index is 12.9. The van der Waals surface area contributed by atoms with E-state index in [1.165, 1.54) is 11.2 Å². The van der Waals surface area contributed by atoms with E-state index in [1.54, 1.807) is 11.9 Å².